The zero-order valence-electron chi connectivity index (χ0n) is 24.3. The topological polar surface area (TPSA) is 208 Å². The molecule has 0 spiro atoms. The van der Waals surface area contributed by atoms with Crippen molar-refractivity contribution in [1.82, 2.24) is 0 Å². The van der Waals surface area contributed by atoms with E-state index in [-0.39, 0.29) is 21.5 Å². The highest BCUT2D eigenvalue weighted by Gasteiger charge is 2.15. The Morgan fingerprint density at radius 2 is 0.674 bits per heavy atom. The first-order chi connectivity index (χ1) is 22.0. The average Bonchev–Trinajstić information content (AvgIpc) is 3.49. The van der Waals surface area contributed by atoms with Gasteiger partial charge in [0.2, 0.25) is 0 Å². The van der Waals surface area contributed by atoms with Crippen molar-refractivity contribution in [3.05, 3.63) is 162 Å². The average molecular weight is 617 g/mol. The van der Waals surface area contributed by atoms with Crippen molar-refractivity contribution in [3.63, 3.8) is 0 Å². The summed E-state index contributed by atoms with van der Waals surface area (Å²) in [6.45, 7) is 0. The summed E-state index contributed by atoms with van der Waals surface area (Å²) in [5.74, 6) is 1.52. The third kappa shape index (κ3) is 7.47. The summed E-state index contributed by atoms with van der Waals surface area (Å²) in [5.41, 5.74) is 24.7. The van der Waals surface area contributed by atoms with Crippen LogP contribution >= 0.6 is 0 Å². The fourth-order valence-electron chi connectivity index (χ4n) is 4.38. The van der Waals surface area contributed by atoms with Gasteiger partial charge in [-0.15, -0.1) is 0 Å². The van der Waals surface area contributed by atoms with Gasteiger partial charge in [0.25, 0.3) is 0 Å². The lowest BCUT2D eigenvalue weighted by Crippen LogP contribution is -1.96. The molecule has 0 unspecified atom stereocenters. The van der Waals surface area contributed by atoms with Crippen molar-refractivity contribution in [1.29, 1.82) is 0 Å². The maximum absolute atomic E-state index is 11.2. The van der Waals surface area contributed by atoms with Crippen LogP contribution in [0.4, 0.5) is 22.7 Å². The Morgan fingerprint density at radius 3 is 0.957 bits per heavy atom. The van der Waals surface area contributed by atoms with Gasteiger partial charge in [-0.2, -0.15) is 0 Å². The van der Waals surface area contributed by atoms with Crippen LogP contribution in [0.2, 0.25) is 0 Å². The van der Waals surface area contributed by atoms with Gasteiger partial charge in [-0.05, 0) is 102 Å². The first kappa shape index (κ1) is 30.8. The lowest BCUT2D eigenvalue weighted by atomic mass is 10.0. The Morgan fingerprint density at radius 1 is 0.413 bits per heavy atom. The predicted octanol–water partition coefficient (Wildman–Crippen LogP) is 4.58. The second kappa shape index (κ2) is 13.3. The van der Waals surface area contributed by atoms with Crippen LogP contribution in [0.3, 0.4) is 0 Å². The third-order valence-electron chi connectivity index (χ3n) is 6.77. The maximum Gasteiger partial charge on any atom is 0.346 e. The minimum absolute atomic E-state index is 0.0181. The molecule has 0 fully saturated rings. The Hall–Kier alpha value is -6.62. The number of hydrogen-bond donors (Lipinski definition) is 4. The van der Waals surface area contributed by atoms with Crippen LogP contribution in [0.5, 0.6) is 11.5 Å². The smallest absolute Gasteiger partial charge is 0.346 e. The molecule has 5 aromatic carbocycles. The standard InChI is InChI=1S/C13H14N2.C12H12N2O.C10H2O6/c14-12-5-1-10(2-6-12)9-11-3-7-13(15)8-4-11;13-9-1-5-11(6-2-9)15-12-7-3-10(14)4-8-12;11-7-3-1-4-6(10(14)16-8(4)12)2-5(3)9(13)15-7/h1-8H,9,14-15H2;1-8H,13-14H2;1-2H. The molecule has 11 nitrogen and oxygen atoms in total. The largest absolute Gasteiger partial charge is 0.457 e. The summed E-state index contributed by atoms with van der Waals surface area (Å²) in [4.78, 5) is 44.7. The molecule has 0 aliphatic rings. The number of rotatable bonds is 4. The predicted molar refractivity (Wildman–Crippen MR) is 180 cm³/mol. The summed E-state index contributed by atoms with van der Waals surface area (Å²) in [5, 5.41) is -0.0726. The SMILES string of the molecule is Nc1ccc(Cc2ccc(N)cc2)cc1.Nc1ccc(Oc2ccc(N)cc2)cc1.O=c1oc(=O)c2cc3c(=O)oc(=O)c3cc12. The minimum atomic E-state index is -0.824. The molecular weight excluding hydrogens is 588 g/mol. The lowest BCUT2D eigenvalue weighted by molar-refractivity contribution is 0.483. The molecule has 7 rings (SSSR count). The summed E-state index contributed by atoms with van der Waals surface area (Å²) in [6, 6.07) is 32.7. The van der Waals surface area contributed by atoms with Crippen molar-refractivity contribution >= 4 is 44.3 Å². The number of furan rings is 2. The van der Waals surface area contributed by atoms with Gasteiger partial charge in [0.05, 0.1) is 21.5 Å². The molecule has 0 aliphatic carbocycles. The molecule has 8 N–H and O–H groups in total. The number of benzene rings is 5. The van der Waals surface area contributed by atoms with E-state index in [4.69, 9.17) is 27.7 Å². The second-order valence-corrected chi connectivity index (χ2v) is 10.2. The van der Waals surface area contributed by atoms with Crippen molar-refractivity contribution in [2.75, 3.05) is 22.9 Å². The van der Waals surface area contributed by atoms with E-state index < -0.39 is 22.5 Å². The molecule has 0 radical (unpaired) electrons. The van der Waals surface area contributed by atoms with Crippen LogP contribution < -0.4 is 50.2 Å². The Labute approximate surface area is 260 Å². The lowest BCUT2D eigenvalue weighted by Gasteiger charge is -2.05. The van der Waals surface area contributed by atoms with E-state index in [0.717, 1.165) is 52.8 Å². The van der Waals surface area contributed by atoms with Gasteiger partial charge in [0.15, 0.2) is 0 Å². The number of anilines is 4. The Bertz CT molecular complexity index is 1980. The van der Waals surface area contributed by atoms with E-state index in [2.05, 4.69) is 8.83 Å². The van der Waals surface area contributed by atoms with E-state index in [1.807, 2.05) is 72.8 Å². The summed E-state index contributed by atoms with van der Waals surface area (Å²) >= 11 is 0. The quantitative estimate of drug-likeness (QED) is 0.201. The molecule has 7 aromatic rings. The Balaban J connectivity index is 0.000000136. The molecule has 0 atom stereocenters. The molecule has 0 amide bonds. The minimum Gasteiger partial charge on any atom is -0.457 e. The number of fused-ring (bicyclic) bond motifs is 2. The molecule has 0 saturated heterocycles. The monoisotopic (exact) mass is 616 g/mol. The van der Waals surface area contributed by atoms with E-state index >= 15 is 0 Å². The van der Waals surface area contributed by atoms with Crippen LogP contribution in [0.1, 0.15) is 11.1 Å². The Kier molecular flexibility index (Phi) is 8.95. The molecule has 0 aliphatic heterocycles. The zero-order valence-corrected chi connectivity index (χ0v) is 24.3. The van der Waals surface area contributed by atoms with E-state index in [9.17, 15) is 19.2 Å². The van der Waals surface area contributed by atoms with Crippen molar-refractivity contribution in [2.24, 2.45) is 0 Å². The second-order valence-electron chi connectivity index (χ2n) is 10.2. The van der Waals surface area contributed by atoms with Gasteiger partial charge in [0, 0.05) is 22.7 Å². The van der Waals surface area contributed by atoms with Gasteiger partial charge in [-0.1, -0.05) is 24.3 Å². The molecule has 230 valence electrons. The van der Waals surface area contributed by atoms with E-state index in [1.165, 1.54) is 11.1 Å². The van der Waals surface area contributed by atoms with Gasteiger partial charge in [0.1, 0.15) is 11.5 Å². The van der Waals surface area contributed by atoms with Gasteiger partial charge in [-0.25, -0.2) is 19.2 Å². The fraction of sp³-hybridized carbons (Fsp3) is 0.0286. The van der Waals surface area contributed by atoms with Crippen LogP contribution in [-0.2, 0) is 6.42 Å². The molecule has 0 saturated carbocycles. The summed E-state index contributed by atoms with van der Waals surface area (Å²) in [6.07, 6.45) is 0.917. The highest BCUT2D eigenvalue weighted by molar-refractivity contribution is 5.96. The van der Waals surface area contributed by atoms with Crippen LogP contribution in [0.25, 0.3) is 21.5 Å². The van der Waals surface area contributed by atoms with E-state index in [0.29, 0.717) is 0 Å². The molecule has 11 heteroatoms. The number of nitrogen functional groups attached to an aromatic ring is 4. The number of ether oxygens (including phenoxy) is 1. The highest BCUT2D eigenvalue weighted by atomic mass is 16.5. The van der Waals surface area contributed by atoms with Gasteiger partial charge >= 0.3 is 22.5 Å². The maximum atomic E-state index is 11.2. The molecule has 2 aromatic heterocycles. The molecule has 2 heterocycles. The summed E-state index contributed by atoms with van der Waals surface area (Å²) < 4.78 is 14.3. The van der Waals surface area contributed by atoms with Crippen LogP contribution in [-0.4, -0.2) is 0 Å². The van der Waals surface area contributed by atoms with Crippen molar-refractivity contribution in [3.8, 4) is 11.5 Å². The van der Waals surface area contributed by atoms with Crippen molar-refractivity contribution in [2.45, 2.75) is 6.42 Å². The molecular formula is C35H28N4O7. The number of hydrogen-bond acceptors (Lipinski definition) is 11. The first-order valence-corrected chi connectivity index (χ1v) is 13.8. The normalized spacial score (nSPS) is 10.5. The van der Waals surface area contributed by atoms with Crippen LogP contribution in [0.15, 0.2) is 137 Å². The van der Waals surface area contributed by atoms with Gasteiger partial charge in [-0.3, -0.25) is 0 Å². The first-order valence-electron chi connectivity index (χ1n) is 13.8. The fourth-order valence-corrected chi connectivity index (χ4v) is 4.38. The van der Waals surface area contributed by atoms with Gasteiger partial charge < -0.3 is 36.5 Å². The van der Waals surface area contributed by atoms with Crippen LogP contribution in [0, 0.1) is 0 Å². The molecule has 46 heavy (non-hydrogen) atoms. The number of nitrogens with two attached hydrogens (primary N) is 4. The zero-order chi connectivity index (χ0) is 32.8. The van der Waals surface area contributed by atoms with Crippen molar-refractivity contribution < 1.29 is 13.6 Å². The highest BCUT2D eigenvalue weighted by Crippen LogP contribution is 2.23. The molecule has 0 bridgehead atoms. The summed E-state index contributed by atoms with van der Waals surface area (Å²) in [7, 11) is 0. The third-order valence-corrected chi connectivity index (χ3v) is 6.77. The van der Waals surface area contributed by atoms with E-state index in [1.54, 1.807) is 24.3 Å².